The fourth-order valence-electron chi connectivity index (χ4n) is 3.41. The molecule has 0 unspecified atom stereocenters. The van der Waals surface area contributed by atoms with Crippen LogP contribution in [0, 0.1) is 11.8 Å². The highest BCUT2D eigenvalue weighted by molar-refractivity contribution is 5.79. The van der Waals surface area contributed by atoms with Gasteiger partial charge >= 0.3 is 0 Å². The van der Waals surface area contributed by atoms with E-state index in [9.17, 15) is 0 Å². The summed E-state index contributed by atoms with van der Waals surface area (Å²) in [5.74, 6) is 3.67. The maximum absolute atomic E-state index is 5.76. The Morgan fingerprint density at radius 2 is 2.07 bits per heavy atom. The van der Waals surface area contributed by atoms with Crippen molar-refractivity contribution in [3.63, 3.8) is 0 Å². The number of anilines is 1. The molecular weight excluding hydrogens is 350 g/mol. The summed E-state index contributed by atoms with van der Waals surface area (Å²) in [6, 6.07) is 4.30. The molecule has 1 N–H and O–H groups in total. The first-order chi connectivity index (χ1) is 13.7. The minimum atomic E-state index is 0.639. The van der Waals surface area contributed by atoms with Crippen LogP contribution in [-0.4, -0.2) is 62.3 Å². The second-order valence-corrected chi connectivity index (χ2v) is 8.30. The van der Waals surface area contributed by atoms with E-state index in [1.54, 1.807) is 0 Å². The molecule has 156 valence electrons. The summed E-state index contributed by atoms with van der Waals surface area (Å²) in [6.07, 6.45) is 7.17. The molecule has 6 heteroatoms. The lowest BCUT2D eigenvalue weighted by Gasteiger charge is -2.31. The molecule has 28 heavy (non-hydrogen) atoms. The van der Waals surface area contributed by atoms with Crippen molar-refractivity contribution in [2.24, 2.45) is 16.8 Å². The van der Waals surface area contributed by atoms with Crippen LogP contribution in [0.2, 0.25) is 0 Å². The zero-order valence-electron chi connectivity index (χ0n) is 17.9. The maximum Gasteiger partial charge on any atom is 0.194 e. The van der Waals surface area contributed by atoms with Crippen LogP contribution < -0.4 is 10.2 Å². The lowest BCUT2D eigenvalue weighted by Crippen LogP contribution is -2.40. The Labute approximate surface area is 170 Å². The number of hydrogen-bond donors (Lipinski definition) is 1. The molecule has 1 aromatic heterocycles. The fraction of sp³-hybridized carbons (Fsp3) is 0.727. The third-order valence-electron chi connectivity index (χ3n) is 5.65. The molecule has 2 heterocycles. The van der Waals surface area contributed by atoms with Crippen molar-refractivity contribution in [2.75, 3.05) is 51.3 Å². The first-order valence-corrected chi connectivity index (χ1v) is 10.9. The van der Waals surface area contributed by atoms with Gasteiger partial charge in [-0.15, -0.1) is 0 Å². The van der Waals surface area contributed by atoms with Crippen molar-refractivity contribution in [3.05, 3.63) is 23.9 Å². The van der Waals surface area contributed by atoms with Crippen molar-refractivity contribution in [1.82, 2.24) is 15.2 Å². The van der Waals surface area contributed by atoms with E-state index in [1.807, 2.05) is 6.20 Å². The number of likely N-dealkylation sites (N-methyl/N-ethyl adjacent to an activating group) is 1. The van der Waals surface area contributed by atoms with Crippen molar-refractivity contribution in [2.45, 2.75) is 46.1 Å². The highest BCUT2D eigenvalue weighted by Crippen LogP contribution is 2.28. The molecule has 1 aliphatic carbocycles. The molecule has 2 fully saturated rings. The normalized spacial score (nSPS) is 18.4. The van der Waals surface area contributed by atoms with Gasteiger partial charge in [0.2, 0.25) is 0 Å². The summed E-state index contributed by atoms with van der Waals surface area (Å²) >= 11 is 0. The number of pyridine rings is 1. The highest BCUT2D eigenvalue weighted by Gasteiger charge is 2.21. The maximum atomic E-state index is 5.76. The highest BCUT2D eigenvalue weighted by atomic mass is 16.5. The van der Waals surface area contributed by atoms with E-state index in [2.05, 4.69) is 53.1 Å². The van der Waals surface area contributed by atoms with Crippen LogP contribution in [0.4, 0.5) is 5.82 Å². The molecule has 1 saturated heterocycles. The zero-order valence-corrected chi connectivity index (χ0v) is 17.9. The van der Waals surface area contributed by atoms with E-state index in [1.165, 1.54) is 25.7 Å². The molecule has 0 aromatic carbocycles. The second kappa shape index (κ2) is 10.6. The quantitative estimate of drug-likeness (QED) is 0.401. The average Bonchev–Trinajstić information content (AvgIpc) is 3.54. The summed E-state index contributed by atoms with van der Waals surface area (Å²) in [4.78, 5) is 14.0. The Morgan fingerprint density at radius 3 is 2.71 bits per heavy atom. The van der Waals surface area contributed by atoms with Gasteiger partial charge in [-0.1, -0.05) is 13.0 Å². The number of aliphatic imine (C=N–C) groups is 1. The van der Waals surface area contributed by atoms with E-state index < -0.39 is 0 Å². The summed E-state index contributed by atoms with van der Waals surface area (Å²) in [7, 11) is 2.07. The van der Waals surface area contributed by atoms with E-state index in [0.29, 0.717) is 6.54 Å². The Kier molecular flexibility index (Phi) is 7.95. The van der Waals surface area contributed by atoms with Crippen molar-refractivity contribution in [1.29, 1.82) is 0 Å². The van der Waals surface area contributed by atoms with Crippen LogP contribution in [0.15, 0.2) is 23.3 Å². The predicted octanol–water partition coefficient (Wildman–Crippen LogP) is 3.14. The molecule has 1 saturated carbocycles. The van der Waals surface area contributed by atoms with Gasteiger partial charge < -0.3 is 19.9 Å². The number of aromatic nitrogens is 1. The Morgan fingerprint density at radius 1 is 1.29 bits per heavy atom. The molecule has 0 amide bonds. The van der Waals surface area contributed by atoms with Gasteiger partial charge in [0.25, 0.3) is 0 Å². The fourth-order valence-corrected chi connectivity index (χ4v) is 3.41. The van der Waals surface area contributed by atoms with Gasteiger partial charge in [0.1, 0.15) is 5.82 Å². The molecule has 0 bridgehead atoms. The predicted molar refractivity (Wildman–Crippen MR) is 116 cm³/mol. The van der Waals surface area contributed by atoms with Gasteiger partial charge in [-0.3, -0.25) is 0 Å². The zero-order chi connectivity index (χ0) is 19.8. The smallest absolute Gasteiger partial charge is 0.194 e. The van der Waals surface area contributed by atoms with Crippen LogP contribution in [0.25, 0.3) is 0 Å². The first-order valence-electron chi connectivity index (χ1n) is 10.9. The topological polar surface area (TPSA) is 53.0 Å². The summed E-state index contributed by atoms with van der Waals surface area (Å²) < 4.78 is 5.76. The van der Waals surface area contributed by atoms with Crippen LogP contribution >= 0.6 is 0 Å². The van der Waals surface area contributed by atoms with E-state index in [0.717, 1.165) is 68.6 Å². The minimum Gasteiger partial charge on any atom is -0.379 e. The van der Waals surface area contributed by atoms with E-state index in [-0.39, 0.29) is 0 Å². The van der Waals surface area contributed by atoms with Gasteiger partial charge in [0.15, 0.2) is 5.96 Å². The lowest BCUT2D eigenvalue weighted by atomic mass is 9.99. The van der Waals surface area contributed by atoms with Gasteiger partial charge in [-0.05, 0) is 56.1 Å². The van der Waals surface area contributed by atoms with Crippen molar-refractivity contribution in [3.8, 4) is 0 Å². The number of nitrogens with zero attached hydrogens (tertiary/aromatic N) is 4. The Balaban J connectivity index is 1.48. The molecular formula is C22H37N5O. The largest absolute Gasteiger partial charge is 0.379 e. The van der Waals surface area contributed by atoms with Crippen molar-refractivity contribution >= 4 is 11.8 Å². The first kappa shape index (κ1) is 20.9. The number of piperidine rings is 1. The number of guanidine groups is 1. The summed E-state index contributed by atoms with van der Waals surface area (Å²) in [5, 5.41) is 3.37. The molecule has 0 radical (unpaired) electrons. The van der Waals surface area contributed by atoms with Crippen LogP contribution in [-0.2, 0) is 11.3 Å². The molecule has 0 atom stereocenters. The Hall–Kier alpha value is -1.82. The minimum absolute atomic E-state index is 0.639. The van der Waals surface area contributed by atoms with Crippen LogP contribution in [0.5, 0.6) is 0 Å². The van der Waals surface area contributed by atoms with Gasteiger partial charge in [-0.25, -0.2) is 9.98 Å². The van der Waals surface area contributed by atoms with E-state index in [4.69, 9.17) is 9.73 Å². The molecule has 1 aromatic rings. The monoisotopic (exact) mass is 387 g/mol. The number of rotatable bonds is 9. The third kappa shape index (κ3) is 6.66. The summed E-state index contributed by atoms with van der Waals surface area (Å²) in [5.41, 5.74) is 1.14. The van der Waals surface area contributed by atoms with Crippen LogP contribution in [0.3, 0.4) is 0 Å². The second-order valence-electron chi connectivity index (χ2n) is 8.30. The standard InChI is InChI=1S/C22H37N5O/c1-4-23-22(26(3)13-14-28-17-19-5-6-19)25-16-20-7-8-21(24-15-20)27-11-9-18(2)10-12-27/h7-8,15,18-19H,4-6,9-14,16-17H2,1-3H3,(H,23,25). The molecule has 3 rings (SSSR count). The van der Waals surface area contributed by atoms with Gasteiger partial charge in [0.05, 0.1) is 13.2 Å². The van der Waals surface area contributed by atoms with Crippen LogP contribution in [0.1, 0.15) is 45.1 Å². The number of hydrogen-bond acceptors (Lipinski definition) is 4. The number of nitrogens with one attached hydrogen (secondary N) is 1. The Bertz CT molecular complexity index is 606. The molecule has 0 spiro atoms. The lowest BCUT2D eigenvalue weighted by molar-refractivity contribution is 0.115. The van der Waals surface area contributed by atoms with Crippen molar-refractivity contribution < 1.29 is 4.74 Å². The summed E-state index contributed by atoms with van der Waals surface area (Å²) in [6.45, 7) is 10.7. The molecule has 2 aliphatic rings. The SMILES string of the molecule is CCNC(=NCc1ccc(N2CCC(C)CC2)nc1)N(C)CCOCC1CC1. The van der Waals surface area contributed by atoms with Gasteiger partial charge in [0, 0.05) is 46.0 Å². The number of ether oxygens (including phenoxy) is 1. The molecule has 1 aliphatic heterocycles. The molecule has 6 nitrogen and oxygen atoms in total. The average molecular weight is 388 g/mol. The van der Waals surface area contributed by atoms with Gasteiger partial charge in [-0.2, -0.15) is 0 Å². The van der Waals surface area contributed by atoms with E-state index >= 15 is 0 Å². The third-order valence-corrected chi connectivity index (χ3v) is 5.65.